The molecule has 128 valence electrons. The number of ether oxygens (including phenoxy) is 1. The molecule has 0 spiro atoms. The van der Waals surface area contributed by atoms with Crippen LogP contribution in [0.5, 0.6) is 11.7 Å². The number of nitrogens with zero attached hydrogens (tertiary/aromatic N) is 3. The summed E-state index contributed by atoms with van der Waals surface area (Å²) in [6.07, 6.45) is 0. The molecule has 0 saturated heterocycles. The Hall–Kier alpha value is -3.62. The number of nitro groups is 1. The number of nitrogens with one attached hydrogen (secondary N) is 1. The fourth-order valence-electron chi connectivity index (χ4n) is 2.23. The van der Waals surface area contributed by atoms with Crippen molar-refractivity contribution in [2.24, 2.45) is 0 Å². The summed E-state index contributed by atoms with van der Waals surface area (Å²) in [4.78, 5) is 10.2. The van der Waals surface area contributed by atoms with Gasteiger partial charge in [-0.1, -0.05) is 0 Å². The first kappa shape index (κ1) is 16.2. The molecule has 0 aliphatic heterocycles. The zero-order valence-corrected chi connectivity index (χ0v) is 13.2. The van der Waals surface area contributed by atoms with Crippen LogP contribution in [0.1, 0.15) is 5.69 Å². The maximum atomic E-state index is 11.9. The summed E-state index contributed by atoms with van der Waals surface area (Å²) in [5.74, 6) is 0.117. The van der Waals surface area contributed by atoms with E-state index in [0.29, 0.717) is 22.8 Å². The second-order valence-electron chi connectivity index (χ2n) is 5.07. The van der Waals surface area contributed by atoms with Crippen LogP contribution in [-0.4, -0.2) is 17.3 Å². The zero-order valence-electron chi connectivity index (χ0n) is 13.2. The van der Waals surface area contributed by atoms with Crippen molar-refractivity contribution in [3.63, 3.8) is 0 Å². The summed E-state index contributed by atoms with van der Waals surface area (Å²) in [5.41, 5.74) is 1.57. The van der Waals surface area contributed by atoms with Gasteiger partial charge in [-0.2, -0.15) is 0 Å². The van der Waals surface area contributed by atoms with Gasteiger partial charge in [0.15, 0.2) is 5.95 Å². The second kappa shape index (κ2) is 6.87. The lowest BCUT2D eigenvalue weighted by Crippen LogP contribution is -2.37. The van der Waals surface area contributed by atoms with E-state index >= 15 is 0 Å². The van der Waals surface area contributed by atoms with E-state index in [4.69, 9.17) is 9.26 Å². The SMILES string of the molecule is COc1ccc(-[n+]2noc([O-])c2CNc2ccc([N+](=O)[O-])cc2)cc1. The van der Waals surface area contributed by atoms with Gasteiger partial charge in [0, 0.05) is 30.0 Å². The fourth-order valence-corrected chi connectivity index (χ4v) is 2.23. The molecule has 1 N–H and O–H groups in total. The Morgan fingerprint density at radius 1 is 1.20 bits per heavy atom. The fraction of sp³-hybridized carbons (Fsp3) is 0.125. The van der Waals surface area contributed by atoms with E-state index < -0.39 is 10.9 Å². The standard InChI is InChI=1S/C16H14N4O5/c1-24-14-8-6-12(7-9-14)19-15(16(21)25-18-19)10-17-11-2-4-13(5-3-11)20(22)23/h2-9,17H,10H2,1H3. The molecular weight excluding hydrogens is 328 g/mol. The van der Waals surface area contributed by atoms with Gasteiger partial charge in [-0.05, 0) is 28.9 Å². The van der Waals surface area contributed by atoms with Crippen LogP contribution in [0.4, 0.5) is 11.4 Å². The van der Waals surface area contributed by atoms with Gasteiger partial charge in [-0.25, -0.2) is 0 Å². The van der Waals surface area contributed by atoms with Gasteiger partial charge in [-0.3, -0.25) is 10.1 Å². The van der Waals surface area contributed by atoms with E-state index in [1.165, 1.54) is 16.8 Å². The molecule has 0 amide bonds. The molecule has 0 saturated carbocycles. The Bertz CT molecular complexity index is 875. The third kappa shape index (κ3) is 3.50. The molecule has 1 aromatic heterocycles. The first-order valence-corrected chi connectivity index (χ1v) is 7.29. The van der Waals surface area contributed by atoms with Crippen molar-refractivity contribution >= 4 is 11.4 Å². The quantitative estimate of drug-likeness (QED) is 0.410. The Morgan fingerprint density at radius 3 is 2.48 bits per heavy atom. The predicted molar refractivity (Wildman–Crippen MR) is 84.5 cm³/mol. The molecule has 9 heteroatoms. The van der Waals surface area contributed by atoms with Crippen molar-refractivity contribution in [1.82, 2.24) is 5.27 Å². The predicted octanol–water partition coefficient (Wildman–Crippen LogP) is 1.55. The number of anilines is 1. The average Bonchev–Trinajstić information content (AvgIpc) is 3.01. The van der Waals surface area contributed by atoms with Crippen LogP contribution in [0.25, 0.3) is 5.69 Å². The van der Waals surface area contributed by atoms with Crippen molar-refractivity contribution in [1.29, 1.82) is 0 Å². The molecule has 0 atom stereocenters. The van der Waals surface area contributed by atoms with Gasteiger partial charge < -0.3 is 19.7 Å². The minimum atomic E-state index is -0.565. The molecule has 0 fully saturated rings. The van der Waals surface area contributed by atoms with Gasteiger partial charge in [0.05, 0.1) is 17.3 Å². The second-order valence-corrected chi connectivity index (χ2v) is 5.07. The van der Waals surface area contributed by atoms with Crippen LogP contribution >= 0.6 is 0 Å². The molecule has 0 aliphatic carbocycles. The lowest BCUT2D eigenvalue weighted by atomic mass is 10.2. The van der Waals surface area contributed by atoms with Gasteiger partial charge in [0.2, 0.25) is 5.69 Å². The molecule has 0 bridgehead atoms. The average molecular weight is 342 g/mol. The van der Waals surface area contributed by atoms with Crippen molar-refractivity contribution in [2.75, 3.05) is 12.4 Å². The van der Waals surface area contributed by atoms with E-state index in [2.05, 4.69) is 10.6 Å². The van der Waals surface area contributed by atoms with Crippen molar-refractivity contribution in [2.45, 2.75) is 6.54 Å². The molecule has 9 nitrogen and oxygen atoms in total. The number of nitro benzene ring substituents is 1. The number of methoxy groups -OCH3 is 1. The number of benzene rings is 2. The Labute approximate surface area is 142 Å². The van der Waals surface area contributed by atoms with E-state index in [0.717, 1.165) is 0 Å². The van der Waals surface area contributed by atoms with E-state index in [1.54, 1.807) is 43.5 Å². The van der Waals surface area contributed by atoms with Crippen LogP contribution in [0.15, 0.2) is 53.1 Å². The van der Waals surface area contributed by atoms with Crippen molar-refractivity contribution < 1.29 is 24.0 Å². The van der Waals surface area contributed by atoms with Gasteiger partial charge in [0.1, 0.15) is 12.3 Å². The van der Waals surface area contributed by atoms with Crippen molar-refractivity contribution in [3.8, 4) is 17.4 Å². The first-order chi connectivity index (χ1) is 12.1. The zero-order chi connectivity index (χ0) is 17.8. The smallest absolute Gasteiger partial charge is 0.269 e. The number of hydrogen-bond acceptors (Lipinski definition) is 7. The van der Waals surface area contributed by atoms with Gasteiger partial charge in [0.25, 0.3) is 11.4 Å². The summed E-state index contributed by atoms with van der Waals surface area (Å²) in [6.45, 7) is 0.145. The highest BCUT2D eigenvalue weighted by atomic mass is 16.6. The number of hydrogen-bond donors (Lipinski definition) is 1. The van der Waals surface area contributed by atoms with Gasteiger partial charge >= 0.3 is 0 Å². The maximum Gasteiger partial charge on any atom is 0.269 e. The lowest BCUT2D eigenvalue weighted by molar-refractivity contribution is -0.677. The third-order valence-corrected chi connectivity index (χ3v) is 3.55. The minimum absolute atomic E-state index is 0.00617. The van der Waals surface area contributed by atoms with Gasteiger partial charge in [-0.15, -0.1) is 0 Å². The largest absolute Gasteiger partial charge is 0.539 e. The minimum Gasteiger partial charge on any atom is -0.539 e. The highest BCUT2D eigenvalue weighted by Gasteiger charge is 2.20. The normalized spacial score (nSPS) is 10.4. The number of rotatable bonds is 6. The molecule has 0 radical (unpaired) electrons. The summed E-state index contributed by atoms with van der Waals surface area (Å²) in [7, 11) is 1.56. The molecule has 3 aromatic rings. The maximum absolute atomic E-state index is 11.9. The highest BCUT2D eigenvalue weighted by molar-refractivity contribution is 5.48. The van der Waals surface area contributed by atoms with Crippen LogP contribution in [0.3, 0.4) is 0 Å². The number of non-ortho nitro benzene ring substituents is 1. The summed E-state index contributed by atoms with van der Waals surface area (Å²) in [6, 6.07) is 12.9. The molecule has 2 aromatic carbocycles. The topological polar surface area (TPSA) is 117 Å². The number of aromatic nitrogens is 2. The van der Waals surface area contributed by atoms with E-state index in [-0.39, 0.29) is 12.2 Å². The molecule has 0 unspecified atom stereocenters. The monoisotopic (exact) mass is 342 g/mol. The highest BCUT2D eigenvalue weighted by Crippen LogP contribution is 2.18. The molecular formula is C16H14N4O5. The lowest BCUT2D eigenvalue weighted by Gasteiger charge is -2.04. The third-order valence-electron chi connectivity index (χ3n) is 3.55. The Balaban J connectivity index is 1.78. The van der Waals surface area contributed by atoms with E-state index in [9.17, 15) is 15.2 Å². The summed E-state index contributed by atoms with van der Waals surface area (Å²) in [5, 5.41) is 29.3. The van der Waals surface area contributed by atoms with Crippen LogP contribution < -0.4 is 19.8 Å². The first-order valence-electron chi connectivity index (χ1n) is 7.29. The van der Waals surface area contributed by atoms with Crippen LogP contribution in [0, 0.1) is 10.1 Å². The molecule has 3 rings (SSSR count). The van der Waals surface area contributed by atoms with E-state index in [1.807, 2.05) is 0 Å². The molecule has 0 aliphatic rings. The van der Waals surface area contributed by atoms with Crippen molar-refractivity contribution in [3.05, 3.63) is 64.3 Å². The van der Waals surface area contributed by atoms with Crippen LogP contribution in [-0.2, 0) is 6.54 Å². The summed E-state index contributed by atoms with van der Waals surface area (Å²) < 4.78 is 11.2. The Kier molecular flexibility index (Phi) is 4.46. The molecule has 1 heterocycles. The summed E-state index contributed by atoms with van der Waals surface area (Å²) >= 11 is 0. The Morgan fingerprint density at radius 2 is 1.88 bits per heavy atom. The molecule has 25 heavy (non-hydrogen) atoms. The van der Waals surface area contributed by atoms with Crippen LogP contribution in [0.2, 0.25) is 0 Å².